The van der Waals surface area contributed by atoms with Crippen LogP contribution in [0.1, 0.15) is 49.7 Å². The number of ether oxygens (including phenoxy) is 1. The highest BCUT2D eigenvalue weighted by Gasteiger charge is 2.72. The molecule has 0 aromatic heterocycles. The van der Waals surface area contributed by atoms with E-state index in [4.69, 9.17) is 4.74 Å². The van der Waals surface area contributed by atoms with Crippen LogP contribution in [0.2, 0.25) is 0 Å². The summed E-state index contributed by atoms with van der Waals surface area (Å²) >= 11 is 2.34. The molecule has 3 aliphatic carbocycles. The predicted octanol–water partition coefficient (Wildman–Crippen LogP) is 2.61. The molecule has 0 unspecified atom stereocenters. The fourth-order valence-corrected chi connectivity index (χ4v) is 7.39. The van der Waals surface area contributed by atoms with E-state index in [1.807, 2.05) is 0 Å². The molecule has 1 aromatic carbocycles. The second-order valence-corrected chi connectivity index (χ2v) is 10.4. The fraction of sp³-hybridized carbons (Fsp3) is 0.714. The molecule has 5 aliphatic rings. The Kier molecular flexibility index (Phi) is 3.42. The zero-order valence-corrected chi connectivity index (χ0v) is 17.1. The van der Waals surface area contributed by atoms with Crippen molar-refractivity contribution >= 4 is 22.6 Å². The van der Waals surface area contributed by atoms with Crippen molar-refractivity contribution < 1.29 is 14.9 Å². The molecular formula is C21H26INO3. The summed E-state index contributed by atoms with van der Waals surface area (Å²) in [5.41, 5.74) is 1.37. The van der Waals surface area contributed by atoms with Gasteiger partial charge in [0.15, 0.2) is 0 Å². The highest BCUT2D eigenvalue weighted by molar-refractivity contribution is 14.1. The van der Waals surface area contributed by atoms with Gasteiger partial charge in [0.1, 0.15) is 11.9 Å². The fourth-order valence-electron chi connectivity index (χ4n) is 6.81. The second-order valence-electron chi connectivity index (χ2n) is 9.21. The van der Waals surface area contributed by atoms with Crippen LogP contribution in [0.4, 0.5) is 0 Å². The van der Waals surface area contributed by atoms with Crippen LogP contribution in [-0.4, -0.2) is 52.1 Å². The quantitative estimate of drug-likeness (QED) is 0.657. The minimum Gasteiger partial charge on any atom is -0.485 e. The molecule has 2 aliphatic heterocycles. The Morgan fingerprint density at radius 2 is 2.08 bits per heavy atom. The van der Waals surface area contributed by atoms with E-state index >= 15 is 0 Å². The summed E-state index contributed by atoms with van der Waals surface area (Å²) in [6.45, 7) is 2.14. The van der Waals surface area contributed by atoms with Gasteiger partial charge in [-0.2, -0.15) is 0 Å². The summed E-state index contributed by atoms with van der Waals surface area (Å²) in [6, 6.07) is 4.55. The van der Waals surface area contributed by atoms with Gasteiger partial charge in [-0.05, 0) is 85.2 Å². The average Bonchev–Trinajstić information content (AvgIpc) is 2.93. The van der Waals surface area contributed by atoms with Gasteiger partial charge in [-0.1, -0.05) is 12.5 Å². The van der Waals surface area contributed by atoms with E-state index in [2.05, 4.69) is 39.6 Å². The number of nitrogens with zero attached hydrogens (tertiary/aromatic N) is 1. The Morgan fingerprint density at radius 1 is 1.23 bits per heavy atom. The highest BCUT2D eigenvalue weighted by atomic mass is 127. The second kappa shape index (κ2) is 5.37. The number of piperidine rings is 1. The summed E-state index contributed by atoms with van der Waals surface area (Å²) in [5, 5.41) is 23.0. The maximum absolute atomic E-state index is 12.2. The number of halogens is 1. The van der Waals surface area contributed by atoms with Gasteiger partial charge >= 0.3 is 0 Å². The lowest BCUT2D eigenvalue weighted by molar-refractivity contribution is -0.209. The zero-order valence-electron chi connectivity index (χ0n) is 15.0. The Balaban J connectivity index is 1.52. The molecule has 2 saturated carbocycles. The molecule has 140 valence electrons. The first-order valence-electron chi connectivity index (χ1n) is 10.2. The van der Waals surface area contributed by atoms with Gasteiger partial charge in [-0.15, -0.1) is 0 Å². The van der Waals surface area contributed by atoms with E-state index in [0.29, 0.717) is 12.8 Å². The van der Waals surface area contributed by atoms with Gasteiger partial charge in [0.05, 0.1) is 20.7 Å². The third-order valence-corrected chi connectivity index (χ3v) is 9.08. The van der Waals surface area contributed by atoms with E-state index in [1.54, 1.807) is 0 Å². The van der Waals surface area contributed by atoms with Gasteiger partial charge in [-0.25, -0.2) is 0 Å². The van der Waals surface area contributed by atoms with Gasteiger partial charge < -0.3 is 14.9 Å². The number of hydrogen-bond acceptors (Lipinski definition) is 4. The van der Waals surface area contributed by atoms with Crippen molar-refractivity contribution in [3.8, 4) is 5.75 Å². The molecule has 1 spiro atoms. The van der Waals surface area contributed by atoms with Crippen molar-refractivity contribution in [2.45, 2.75) is 74.2 Å². The summed E-state index contributed by atoms with van der Waals surface area (Å²) in [7, 11) is 0. The maximum Gasteiger partial charge on any atom is 0.137 e. The molecule has 2 heterocycles. The summed E-state index contributed by atoms with van der Waals surface area (Å²) in [4.78, 5) is 2.59. The topological polar surface area (TPSA) is 52.9 Å². The first-order chi connectivity index (χ1) is 12.5. The smallest absolute Gasteiger partial charge is 0.137 e. The predicted molar refractivity (Wildman–Crippen MR) is 106 cm³/mol. The molecule has 5 heteroatoms. The SMILES string of the molecule is O[C@H]1CC[C@@]2(O)[C@H]3Cc4ccc(I)c5c4[C@@]2(CCN3CC2CCC2)[C@H]1O5. The van der Waals surface area contributed by atoms with Crippen molar-refractivity contribution in [3.05, 3.63) is 26.8 Å². The van der Waals surface area contributed by atoms with Crippen molar-refractivity contribution in [1.82, 2.24) is 4.90 Å². The van der Waals surface area contributed by atoms with Crippen LogP contribution in [0.25, 0.3) is 0 Å². The van der Waals surface area contributed by atoms with Crippen LogP contribution in [0, 0.1) is 9.49 Å². The number of likely N-dealkylation sites (tertiary alicyclic amines) is 1. The zero-order chi connectivity index (χ0) is 17.7. The minimum absolute atomic E-state index is 0.161. The third kappa shape index (κ3) is 1.82. The monoisotopic (exact) mass is 467 g/mol. The van der Waals surface area contributed by atoms with Crippen molar-refractivity contribution in [3.63, 3.8) is 0 Å². The number of rotatable bonds is 2. The normalized spacial score (nSPS) is 43.6. The Morgan fingerprint density at radius 3 is 2.85 bits per heavy atom. The molecule has 3 fully saturated rings. The Bertz CT molecular complexity index is 781. The van der Waals surface area contributed by atoms with Crippen molar-refractivity contribution in [1.29, 1.82) is 0 Å². The van der Waals surface area contributed by atoms with Gasteiger partial charge in [0, 0.05) is 18.2 Å². The number of aliphatic hydroxyl groups excluding tert-OH is 1. The van der Waals surface area contributed by atoms with Crippen LogP contribution in [0.15, 0.2) is 12.1 Å². The summed E-state index contributed by atoms with van der Waals surface area (Å²) < 4.78 is 7.51. The van der Waals surface area contributed by atoms with Crippen LogP contribution in [0.3, 0.4) is 0 Å². The van der Waals surface area contributed by atoms with Crippen molar-refractivity contribution in [2.75, 3.05) is 13.1 Å². The number of hydrogen-bond donors (Lipinski definition) is 2. The van der Waals surface area contributed by atoms with E-state index in [1.165, 1.54) is 30.4 Å². The van der Waals surface area contributed by atoms with E-state index in [-0.39, 0.29) is 12.1 Å². The Labute approximate surface area is 168 Å². The van der Waals surface area contributed by atoms with Crippen LogP contribution in [-0.2, 0) is 11.8 Å². The van der Waals surface area contributed by atoms with Gasteiger partial charge in [0.2, 0.25) is 0 Å². The number of aliphatic hydroxyl groups is 2. The lowest BCUT2D eigenvalue weighted by atomic mass is 9.48. The van der Waals surface area contributed by atoms with Gasteiger partial charge in [0.25, 0.3) is 0 Å². The molecule has 5 atom stereocenters. The summed E-state index contributed by atoms with van der Waals surface area (Å²) in [6.07, 6.45) is 6.41. The van der Waals surface area contributed by atoms with Crippen LogP contribution >= 0.6 is 22.6 Å². The molecule has 2 N–H and O–H groups in total. The molecule has 4 nitrogen and oxygen atoms in total. The lowest BCUT2D eigenvalue weighted by Gasteiger charge is -2.64. The largest absolute Gasteiger partial charge is 0.485 e. The third-order valence-electron chi connectivity index (χ3n) is 8.23. The van der Waals surface area contributed by atoms with Crippen molar-refractivity contribution in [2.24, 2.45) is 5.92 Å². The standard InChI is InChI=1S/C21H26INO3/c22-14-5-4-13-10-16-21(25)7-6-15(24)19-20(21,17(13)18(14)26-19)8-9-23(16)11-12-2-1-3-12/h4-5,12,15-16,19,24-25H,1-3,6-11H2/t15-,16+,19-,20-,21+/m0/s1. The first-order valence-corrected chi connectivity index (χ1v) is 11.3. The van der Waals surface area contributed by atoms with E-state index < -0.39 is 17.1 Å². The molecular weight excluding hydrogens is 441 g/mol. The Hall–Kier alpha value is -0.370. The summed E-state index contributed by atoms with van der Waals surface area (Å²) in [5.74, 6) is 1.75. The number of benzene rings is 1. The van der Waals surface area contributed by atoms with Gasteiger partial charge in [-0.3, -0.25) is 4.90 Å². The van der Waals surface area contributed by atoms with E-state index in [9.17, 15) is 10.2 Å². The molecule has 1 aromatic rings. The molecule has 2 bridgehead atoms. The van der Waals surface area contributed by atoms with Crippen LogP contribution < -0.4 is 4.74 Å². The lowest BCUT2D eigenvalue weighted by Crippen LogP contribution is -2.77. The minimum atomic E-state index is -0.776. The highest BCUT2D eigenvalue weighted by Crippen LogP contribution is 2.64. The first kappa shape index (κ1) is 16.6. The molecule has 0 amide bonds. The molecule has 26 heavy (non-hydrogen) atoms. The molecule has 0 radical (unpaired) electrons. The molecule has 6 rings (SSSR count). The molecule has 1 saturated heterocycles. The maximum atomic E-state index is 12.2. The van der Waals surface area contributed by atoms with E-state index in [0.717, 1.165) is 41.2 Å². The van der Waals surface area contributed by atoms with Crippen LogP contribution in [0.5, 0.6) is 5.75 Å². The average molecular weight is 467 g/mol.